The van der Waals surface area contributed by atoms with Crippen molar-refractivity contribution in [3.05, 3.63) is 78.1 Å². The molecule has 0 fully saturated rings. The average molecular weight is 643 g/mol. The maximum absolute atomic E-state index is 11.8. The number of nitrogens with one attached hydrogen (secondary N) is 3. The van der Waals surface area contributed by atoms with E-state index < -0.39 is 22.0 Å². The third-order valence-corrected chi connectivity index (χ3v) is 7.05. The Morgan fingerprint density at radius 2 is 1.67 bits per heavy atom. The van der Waals surface area contributed by atoms with Gasteiger partial charge in [0, 0.05) is 24.9 Å². The van der Waals surface area contributed by atoms with Crippen molar-refractivity contribution < 1.29 is 36.3 Å². The molecule has 0 aliphatic heterocycles. The van der Waals surface area contributed by atoms with Gasteiger partial charge in [-0.1, -0.05) is 12.1 Å². The number of aryl methyl sites for hydroxylation is 1. The lowest BCUT2D eigenvalue weighted by molar-refractivity contribution is -0.192. The number of pyridine rings is 2. The SMILES string of the molecule is CC(=O)Nc1ccc(Nc2ncc(Cc3ccc(S(C)(=O)=O)cc3)cc2-c2nc(C)nc3[nH]cnc23)cn1.O=C(O)C(F)(F)F. The number of anilines is 3. The second kappa shape index (κ2) is 13.0. The van der Waals surface area contributed by atoms with Crippen molar-refractivity contribution >= 4 is 50.2 Å². The number of carboxylic acids is 1. The Kier molecular flexibility index (Phi) is 9.41. The van der Waals surface area contributed by atoms with Crippen LogP contribution in [0.3, 0.4) is 0 Å². The number of aliphatic carboxylic acids is 1. The van der Waals surface area contributed by atoms with E-state index in [9.17, 15) is 26.4 Å². The molecule has 1 aromatic carbocycles. The highest BCUT2D eigenvalue weighted by molar-refractivity contribution is 7.90. The molecule has 0 radical (unpaired) electrons. The minimum atomic E-state index is -5.08. The first-order valence-electron chi connectivity index (χ1n) is 12.9. The first-order valence-corrected chi connectivity index (χ1v) is 14.8. The zero-order valence-corrected chi connectivity index (χ0v) is 24.7. The van der Waals surface area contributed by atoms with Crippen molar-refractivity contribution in [3.8, 4) is 11.3 Å². The Labute approximate surface area is 253 Å². The molecule has 0 aliphatic carbocycles. The average Bonchev–Trinajstić information content (AvgIpc) is 3.42. The number of sulfone groups is 1. The molecule has 0 spiro atoms. The van der Waals surface area contributed by atoms with Crippen LogP contribution in [-0.4, -0.2) is 67.7 Å². The van der Waals surface area contributed by atoms with Crippen molar-refractivity contribution in [2.45, 2.75) is 31.3 Å². The van der Waals surface area contributed by atoms with Crippen molar-refractivity contribution in [2.75, 3.05) is 16.9 Å². The fraction of sp³-hybridized carbons (Fsp3) is 0.179. The van der Waals surface area contributed by atoms with Crippen molar-refractivity contribution in [2.24, 2.45) is 0 Å². The summed E-state index contributed by atoms with van der Waals surface area (Å²) in [5, 5.41) is 13.1. The molecule has 0 saturated carbocycles. The summed E-state index contributed by atoms with van der Waals surface area (Å²) in [6, 6.07) is 12.3. The van der Waals surface area contributed by atoms with Crippen molar-refractivity contribution in [1.82, 2.24) is 29.9 Å². The molecule has 0 atom stereocenters. The maximum atomic E-state index is 11.8. The summed E-state index contributed by atoms with van der Waals surface area (Å²) in [4.78, 5) is 46.0. The van der Waals surface area contributed by atoms with Crippen LogP contribution in [0.5, 0.6) is 0 Å². The van der Waals surface area contributed by atoms with E-state index in [1.54, 1.807) is 55.1 Å². The number of aromatic amines is 1. The molecule has 13 nitrogen and oxygen atoms in total. The molecule has 234 valence electrons. The topological polar surface area (TPSA) is 193 Å². The standard InChI is InChI=1S/C26H24N8O3S.C2HF3O2/c1-15-31-23(24-26(32-15)30-14-29-24)21-11-18(10-17-4-7-20(8-5-17)38(3,36)37)12-28-25(21)34-19-6-9-22(27-13-19)33-16(2)35;3-2(4,5)1(6)7/h4-9,11-14H,10H2,1-3H3,(H,28,34)(H,27,33,35)(H,29,30,31,32);(H,6,7). The van der Waals surface area contributed by atoms with Crippen LogP contribution >= 0.6 is 0 Å². The molecule has 4 aromatic heterocycles. The number of aromatic nitrogens is 6. The molecule has 0 bridgehead atoms. The van der Waals surface area contributed by atoms with E-state index in [0.717, 1.165) is 11.1 Å². The number of imidazole rings is 1. The van der Waals surface area contributed by atoms with Crippen LogP contribution in [0.15, 0.2) is 66.1 Å². The van der Waals surface area contributed by atoms with E-state index >= 15 is 0 Å². The van der Waals surface area contributed by atoms with Gasteiger partial charge in [0.25, 0.3) is 0 Å². The van der Waals surface area contributed by atoms with Crippen LogP contribution in [0.2, 0.25) is 0 Å². The molecule has 0 saturated heterocycles. The van der Waals surface area contributed by atoms with Gasteiger partial charge in [-0.15, -0.1) is 0 Å². The molecule has 45 heavy (non-hydrogen) atoms. The molecule has 5 aromatic rings. The summed E-state index contributed by atoms with van der Waals surface area (Å²) in [5.74, 6) is -1.40. The Morgan fingerprint density at radius 1 is 0.978 bits per heavy atom. The monoisotopic (exact) mass is 642 g/mol. The summed E-state index contributed by atoms with van der Waals surface area (Å²) in [6.07, 6.45) is 1.56. The predicted octanol–water partition coefficient (Wildman–Crippen LogP) is 4.45. The molecule has 1 amide bonds. The molecule has 17 heteroatoms. The van der Waals surface area contributed by atoms with Crippen LogP contribution in [0.4, 0.5) is 30.5 Å². The minimum absolute atomic E-state index is 0.203. The number of amides is 1. The lowest BCUT2D eigenvalue weighted by atomic mass is 10.0. The molecule has 0 unspecified atom stereocenters. The van der Waals surface area contributed by atoms with Gasteiger partial charge in [0.2, 0.25) is 5.91 Å². The largest absolute Gasteiger partial charge is 0.490 e. The third kappa shape index (κ3) is 8.56. The van der Waals surface area contributed by atoms with Crippen LogP contribution in [0, 0.1) is 6.92 Å². The molecular weight excluding hydrogens is 617 g/mol. The number of carboxylic acid groups (broad SMARTS) is 1. The molecule has 5 rings (SSSR count). The van der Waals surface area contributed by atoms with E-state index in [0.29, 0.717) is 52.0 Å². The number of halogens is 3. The number of nitrogens with zero attached hydrogens (tertiary/aromatic N) is 5. The quantitative estimate of drug-likeness (QED) is 0.196. The zero-order valence-electron chi connectivity index (χ0n) is 23.8. The summed E-state index contributed by atoms with van der Waals surface area (Å²) < 4.78 is 55.4. The van der Waals surface area contributed by atoms with Gasteiger partial charge in [-0.2, -0.15) is 13.2 Å². The third-order valence-electron chi connectivity index (χ3n) is 5.92. The highest BCUT2D eigenvalue weighted by Crippen LogP contribution is 2.32. The van der Waals surface area contributed by atoms with Crippen molar-refractivity contribution in [1.29, 1.82) is 0 Å². The van der Waals surface area contributed by atoms with Gasteiger partial charge in [-0.3, -0.25) is 4.79 Å². The van der Waals surface area contributed by atoms with Crippen LogP contribution < -0.4 is 10.6 Å². The van der Waals surface area contributed by atoms with Gasteiger partial charge >= 0.3 is 12.1 Å². The van der Waals surface area contributed by atoms with Gasteiger partial charge in [0.15, 0.2) is 15.5 Å². The number of fused-ring (bicyclic) bond motifs is 1. The fourth-order valence-electron chi connectivity index (χ4n) is 3.97. The predicted molar refractivity (Wildman–Crippen MR) is 158 cm³/mol. The highest BCUT2D eigenvalue weighted by atomic mass is 32.2. The lowest BCUT2D eigenvalue weighted by Crippen LogP contribution is -2.21. The lowest BCUT2D eigenvalue weighted by Gasteiger charge is -2.14. The number of hydrogen-bond donors (Lipinski definition) is 4. The minimum Gasteiger partial charge on any atom is -0.475 e. The Morgan fingerprint density at radius 3 is 2.24 bits per heavy atom. The second-order valence-corrected chi connectivity index (χ2v) is 11.6. The molecular formula is C28H25F3N8O5S. The number of hydrogen-bond acceptors (Lipinski definition) is 10. The summed E-state index contributed by atoms with van der Waals surface area (Å²) in [7, 11) is -3.27. The summed E-state index contributed by atoms with van der Waals surface area (Å²) >= 11 is 0. The Balaban J connectivity index is 0.000000591. The summed E-state index contributed by atoms with van der Waals surface area (Å²) in [5.41, 5.74) is 5.05. The smallest absolute Gasteiger partial charge is 0.475 e. The van der Waals surface area contributed by atoms with Gasteiger partial charge in [0.05, 0.1) is 23.1 Å². The number of carbonyl (C=O) groups is 2. The van der Waals surface area contributed by atoms with E-state index in [-0.39, 0.29) is 10.8 Å². The molecule has 4 N–H and O–H groups in total. The first-order chi connectivity index (χ1) is 21.1. The number of alkyl halides is 3. The molecule has 0 aliphatic rings. The number of H-pyrrole nitrogens is 1. The van der Waals surface area contributed by atoms with E-state index in [1.807, 2.05) is 13.0 Å². The van der Waals surface area contributed by atoms with Crippen LogP contribution in [0.1, 0.15) is 23.9 Å². The number of benzene rings is 1. The van der Waals surface area contributed by atoms with Crippen LogP contribution in [-0.2, 0) is 25.8 Å². The molecule has 4 heterocycles. The first kappa shape index (κ1) is 32.5. The Bertz CT molecular complexity index is 1960. The number of rotatable bonds is 7. The zero-order chi connectivity index (χ0) is 32.9. The Hall–Kier alpha value is -5.45. The highest BCUT2D eigenvalue weighted by Gasteiger charge is 2.38. The van der Waals surface area contributed by atoms with Crippen molar-refractivity contribution in [3.63, 3.8) is 0 Å². The summed E-state index contributed by atoms with van der Waals surface area (Å²) in [6.45, 7) is 3.23. The van der Waals surface area contributed by atoms with Gasteiger partial charge < -0.3 is 20.7 Å². The fourth-order valence-corrected chi connectivity index (χ4v) is 4.60. The van der Waals surface area contributed by atoms with Gasteiger partial charge in [-0.05, 0) is 54.8 Å². The van der Waals surface area contributed by atoms with E-state index in [2.05, 4.69) is 35.6 Å². The van der Waals surface area contributed by atoms with E-state index in [1.165, 1.54) is 13.2 Å². The second-order valence-electron chi connectivity index (χ2n) is 9.59. The van der Waals surface area contributed by atoms with Gasteiger partial charge in [-0.25, -0.2) is 38.1 Å². The van der Waals surface area contributed by atoms with Gasteiger partial charge in [0.1, 0.15) is 28.7 Å². The number of carbonyl (C=O) groups excluding carboxylic acids is 1. The normalized spacial score (nSPS) is 11.4. The van der Waals surface area contributed by atoms with E-state index in [4.69, 9.17) is 14.9 Å². The van der Waals surface area contributed by atoms with Crippen LogP contribution in [0.25, 0.3) is 22.4 Å². The maximum Gasteiger partial charge on any atom is 0.490 e.